The second-order valence-electron chi connectivity index (χ2n) is 4.23. The SMILES string of the molecule is COC1CN=C(NCC2CCN2C)NC1. The molecule has 5 nitrogen and oxygen atoms in total. The van der Waals surface area contributed by atoms with E-state index in [2.05, 4.69) is 27.6 Å². The number of nitrogens with one attached hydrogen (secondary N) is 2. The number of ether oxygens (including phenoxy) is 1. The minimum Gasteiger partial charge on any atom is -0.378 e. The molecule has 0 aromatic heterocycles. The number of likely N-dealkylation sites (tertiary alicyclic amines) is 1. The van der Waals surface area contributed by atoms with Gasteiger partial charge in [0, 0.05) is 26.2 Å². The lowest BCUT2D eigenvalue weighted by Gasteiger charge is -2.38. The smallest absolute Gasteiger partial charge is 0.191 e. The molecule has 2 unspecified atom stereocenters. The fourth-order valence-corrected chi connectivity index (χ4v) is 1.84. The molecule has 0 aromatic rings. The average Bonchev–Trinajstić information content (AvgIpc) is 2.28. The van der Waals surface area contributed by atoms with Crippen molar-refractivity contribution < 1.29 is 4.74 Å². The van der Waals surface area contributed by atoms with E-state index in [0.717, 1.165) is 25.6 Å². The highest BCUT2D eigenvalue weighted by Gasteiger charge is 2.24. The first kappa shape index (κ1) is 10.7. The molecule has 1 fully saturated rings. The molecular weight excluding hydrogens is 192 g/mol. The summed E-state index contributed by atoms with van der Waals surface area (Å²) in [6.07, 6.45) is 1.51. The van der Waals surface area contributed by atoms with Crippen LogP contribution in [0.1, 0.15) is 6.42 Å². The normalized spacial score (nSPS) is 31.5. The van der Waals surface area contributed by atoms with Gasteiger partial charge in [-0.2, -0.15) is 0 Å². The molecule has 0 saturated carbocycles. The van der Waals surface area contributed by atoms with E-state index in [-0.39, 0.29) is 6.10 Å². The number of hydrogen-bond acceptors (Lipinski definition) is 5. The van der Waals surface area contributed by atoms with Crippen molar-refractivity contribution in [2.45, 2.75) is 18.6 Å². The van der Waals surface area contributed by atoms with E-state index < -0.39 is 0 Å². The molecule has 15 heavy (non-hydrogen) atoms. The lowest BCUT2D eigenvalue weighted by molar-refractivity contribution is 0.108. The minimum atomic E-state index is 0.224. The summed E-state index contributed by atoms with van der Waals surface area (Å²) >= 11 is 0. The first-order valence-electron chi connectivity index (χ1n) is 5.55. The van der Waals surface area contributed by atoms with Gasteiger partial charge in [-0.25, -0.2) is 0 Å². The van der Waals surface area contributed by atoms with Crippen LogP contribution in [-0.2, 0) is 4.74 Å². The number of likely N-dealkylation sites (N-methyl/N-ethyl adjacent to an activating group) is 1. The van der Waals surface area contributed by atoms with E-state index >= 15 is 0 Å². The summed E-state index contributed by atoms with van der Waals surface area (Å²) in [5.74, 6) is 0.920. The number of nitrogens with zero attached hydrogens (tertiary/aromatic N) is 2. The van der Waals surface area contributed by atoms with E-state index in [1.165, 1.54) is 13.0 Å². The highest BCUT2D eigenvalue weighted by Crippen LogP contribution is 2.12. The maximum Gasteiger partial charge on any atom is 0.191 e. The molecule has 1 saturated heterocycles. The van der Waals surface area contributed by atoms with Crippen molar-refractivity contribution in [2.24, 2.45) is 4.99 Å². The first-order valence-corrected chi connectivity index (χ1v) is 5.55. The topological polar surface area (TPSA) is 48.9 Å². The monoisotopic (exact) mass is 212 g/mol. The molecule has 2 atom stereocenters. The van der Waals surface area contributed by atoms with Gasteiger partial charge in [-0.1, -0.05) is 0 Å². The molecule has 2 heterocycles. The van der Waals surface area contributed by atoms with Crippen LogP contribution < -0.4 is 10.6 Å². The van der Waals surface area contributed by atoms with Crippen molar-refractivity contribution in [3.05, 3.63) is 0 Å². The van der Waals surface area contributed by atoms with Crippen molar-refractivity contribution in [3.8, 4) is 0 Å². The summed E-state index contributed by atoms with van der Waals surface area (Å²) in [6, 6.07) is 0.676. The Bertz CT molecular complexity index is 244. The Balaban J connectivity index is 1.69. The Labute approximate surface area is 90.9 Å². The number of aliphatic imine (C=N–C) groups is 1. The Morgan fingerprint density at radius 2 is 2.53 bits per heavy atom. The molecule has 0 radical (unpaired) electrons. The van der Waals surface area contributed by atoms with Crippen LogP contribution >= 0.6 is 0 Å². The predicted molar refractivity (Wildman–Crippen MR) is 60.1 cm³/mol. The zero-order valence-corrected chi connectivity index (χ0v) is 9.49. The van der Waals surface area contributed by atoms with Gasteiger partial charge < -0.3 is 20.3 Å². The lowest BCUT2D eigenvalue weighted by Crippen LogP contribution is -2.54. The van der Waals surface area contributed by atoms with E-state index in [4.69, 9.17) is 4.74 Å². The fourth-order valence-electron chi connectivity index (χ4n) is 1.84. The second-order valence-corrected chi connectivity index (χ2v) is 4.23. The summed E-state index contributed by atoms with van der Waals surface area (Å²) in [4.78, 5) is 6.74. The van der Waals surface area contributed by atoms with Crippen LogP contribution in [-0.4, -0.2) is 63.3 Å². The van der Waals surface area contributed by atoms with Gasteiger partial charge in [0.2, 0.25) is 0 Å². The quantitative estimate of drug-likeness (QED) is 0.646. The van der Waals surface area contributed by atoms with Crippen molar-refractivity contribution in [3.63, 3.8) is 0 Å². The third-order valence-electron chi connectivity index (χ3n) is 3.23. The molecule has 0 aromatic carbocycles. The minimum absolute atomic E-state index is 0.224. The maximum absolute atomic E-state index is 5.21. The van der Waals surface area contributed by atoms with Crippen molar-refractivity contribution in [2.75, 3.05) is 40.3 Å². The Kier molecular flexibility index (Phi) is 3.43. The summed E-state index contributed by atoms with van der Waals surface area (Å²) in [5, 5.41) is 6.57. The van der Waals surface area contributed by atoms with E-state index in [9.17, 15) is 0 Å². The summed E-state index contributed by atoms with van der Waals surface area (Å²) in [6.45, 7) is 3.81. The molecule has 2 rings (SSSR count). The molecule has 0 bridgehead atoms. The maximum atomic E-state index is 5.21. The van der Waals surface area contributed by atoms with E-state index in [1.807, 2.05) is 0 Å². The largest absolute Gasteiger partial charge is 0.378 e. The molecule has 2 aliphatic heterocycles. The van der Waals surface area contributed by atoms with Crippen LogP contribution in [0.3, 0.4) is 0 Å². The zero-order valence-electron chi connectivity index (χ0n) is 9.49. The Morgan fingerprint density at radius 1 is 1.67 bits per heavy atom. The molecule has 0 spiro atoms. The van der Waals surface area contributed by atoms with Crippen LogP contribution in [0.15, 0.2) is 4.99 Å². The second kappa shape index (κ2) is 4.81. The van der Waals surface area contributed by atoms with Gasteiger partial charge in [-0.05, 0) is 20.0 Å². The van der Waals surface area contributed by atoms with Gasteiger partial charge in [0.25, 0.3) is 0 Å². The lowest BCUT2D eigenvalue weighted by atomic mass is 10.1. The zero-order chi connectivity index (χ0) is 10.7. The number of rotatable bonds is 3. The van der Waals surface area contributed by atoms with E-state index in [1.54, 1.807) is 7.11 Å². The Hall–Kier alpha value is -0.810. The van der Waals surface area contributed by atoms with Gasteiger partial charge in [0.15, 0.2) is 5.96 Å². The summed E-state index contributed by atoms with van der Waals surface area (Å²) in [7, 11) is 3.89. The molecule has 86 valence electrons. The van der Waals surface area contributed by atoms with Crippen LogP contribution in [0.5, 0.6) is 0 Å². The first-order chi connectivity index (χ1) is 7.29. The third kappa shape index (κ3) is 2.60. The summed E-state index contributed by atoms with van der Waals surface area (Å²) < 4.78 is 5.21. The average molecular weight is 212 g/mol. The van der Waals surface area contributed by atoms with Gasteiger partial charge in [-0.3, -0.25) is 4.99 Å². The molecule has 2 N–H and O–H groups in total. The fraction of sp³-hybridized carbons (Fsp3) is 0.900. The molecule has 2 aliphatic rings. The van der Waals surface area contributed by atoms with Gasteiger partial charge in [0.05, 0.1) is 12.6 Å². The van der Waals surface area contributed by atoms with Crippen molar-refractivity contribution >= 4 is 5.96 Å². The molecule has 0 amide bonds. The third-order valence-corrected chi connectivity index (χ3v) is 3.23. The van der Waals surface area contributed by atoms with Crippen molar-refractivity contribution in [1.29, 1.82) is 0 Å². The molecule has 5 heteroatoms. The van der Waals surface area contributed by atoms with Gasteiger partial charge in [0.1, 0.15) is 0 Å². The van der Waals surface area contributed by atoms with Crippen LogP contribution in [0.25, 0.3) is 0 Å². The Morgan fingerprint density at radius 3 is 3.00 bits per heavy atom. The standard InChI is InChI=1S/C10H20N4O/c1-14-4-3-8(14)5-11-10-12-6-9(15-2)7-13-10/h8-9H,3-7H2,1-2H3,(H2,11,12,13). The van der Waals surface area contributed by atoms with Crippen molar-refractivity contribution in [1.82, 2.24) is 15.5 Å². The predicted octanol–water partition coefficient (Wildman–Crippen LogP) is -0.746. The number of guanidine groups is 1. The van der Waals surface area contributed by atoms with Gasteiger partial charge >= 0.3 is 0 Å². The molecule has 0 aliphatic carbocycles. The highest BCUT2D eigenvalue weighted by molar-refractivity contribution is 5.80. The number of methoxy groups -OCH3 is 1. The van der Waals surface area contributed by atoms with Crippen LogP contribution in [0, 0.1) is 0 Å². The number of hydrogen-bond donors (Lipinski definition) is 2. The van der Waals surface area contributed by atoms with Gasteiger partial charge in [-0.15, -0.1) is 0 Å². The highest BCUT2D eigenvalue weighted by atomic mass is 16.5. The summed E-state index contributed by atoms with van der Waals surface area (Å²) in [5.41, 5.74) is 0. The van der Waals surface area contributed by atoms with Crippen LogP contribution in [0.4, 0.5) is 0 Å². The van der Waals surface area contributed by atoms with Crippen LogP contribution in [0.2, 0.25) is 0 Å². The molecular formula is C10H20N4O. The van der Waals surface area contributed by atoms with E-state index in [0.29, 0.717) is 6.04 Å².